The summed E-state index contributed by atoms with van der Waals surface area (Å²) in [6.07, 6.45) is 1.84. The van der Waals surface area contributed by atoms with Gasteiger partial charge in [0.15, 0.2) is 0 Å². The highest BCUT2D eigenvalue weighted by molar-refractivity contribution is 7.92. The number of hydrogen-bond acceptors (Lipinski definition) is 4. The van der Waals surface area contributed by atoms with Crippen molar-refractivity contribution in [2.75, 3.05) is 17.9 Å². The van der Waals surface area contributed by atoms with E-state index in [2.05, 4.69) is 10.0 Å². The van der Waals surface area contributed by atoms with Crippen molar-refractivity contribution in [3.05, 3.63) is 59.4 Å². The summed E-state index contributed by atoms with van der Waals surface area (Å²) in [5.41, 5.74) is 0.646. The molecule has 1 fully saturated rings. The second-order valence-corrected chi connectivity index (χ2v) is 8.06. The maximum absolute atomic E-state index is 13.3. The molecular weight excluding hydrogens is 371 g/mol. The highest BCUT2D eigenvalue weighted by atomic mass is 32.2. The van der Waals surface area contributed by atoms with E-state index < -0.39 is 15.8 Å². The van der Waals surface area contributed by atoms with E-state index >= 15 is 0 Å². The van der Waals surface area contributed by atoms with Gasteiger partial charge in [0, 0.05) is 13.2 Å². The van der Waals surface area contributed by atoms with Crippen LogP contribution >= 0.6 is 0 Å². The normalized spacial score (nSPS) is 16.9. The molecule has 0 saturated carbocycles. The number of halogens is 1. The van der Waals surface area contributed by atoms with Gasteiger partial charge in [0.2, 0.25) is 0 Å². The number of sulfonamides is 1. The third-order valence-electron chi connectivity index (χ3n) is 4.36. The van der Waals surface area contributed by atoms with Crippen molar-refractivity contribution in [1.29, 1.82) is 0 Å². The Morgan fingerprint density at radius 1 is 1.26 bits per heavy atom. The van der Waals surface area contributed by atoms with E-state index in [1.54, 1.807) is 18.2 Å². The van der Waals surface area contributed by atoms with Crippen LogP contribution in [0.2, 0.25) is 0 Å². The molecule has 27 heavy (non-hydrogen) atoms. The summed E-state index contributed by atoms with van der Waals surface area (Å²) >= 11 is 0. The van der Waals surface area contributed by atoms with E-state index in [0.29, 0.717) is 13.2 Å². The number of para-hydroxylation sites is 1. The molecule has 0 aromatic heterocycles. The lowest BCUT2D eigenvalue weighted by molar-refractivity contribution is 0.0858. The van der Waals surface area contributed by atoms with Gasteiger partial charge < -0.3 is 10.1 Å². The number of hydrogen-bond donors (Lipinski definition) is 2. The molecule has 1 aliphatic rings. The fourth-order valence-corrected chi connectivity index (χ4v) is 4.30. The van der Waals surface area contributed by atoms with Crippen LogP contribution in [0.3, 0.4) is 0 Å². The Morgan fingerprint density at radius 2 is 2.04 bits per heavy atom. The highest BCUT2D eigenvalue weighted by Crippen LogP contribution is 2.23. The number of carbonyl (C=O) groups excluding carboxylic acids is 1. The molecule has 0 radical (unpaired) electrons. The molecule has 0 unspecified atom stereocenters. The number of ether oxygens (including phenoxy) is 1. The molecule has 2 N–H and O–H groups in total. The van der Waals surface area contributed by atoms with Crippen LogP contribution in [0.15, 0.2) is 47.4 Å². The van der Waals surface area contributed by atoms with Gasteiger partial charge in [-0.1, -0.05) is 12.1 Å². The Morgan fingerprint density at radius 3 is 2.74 bits per heavy atom. The average molecular weight is 392 g/mol. The van der Waals surface area contributed by atoms with Crippen molar-refractivity contribution in [1.82, 2.24) is 5.32 Å². The van der Waals surface area contributed by atoms with Gasteiger partial charge in [0.25, 0.3) is 15.9 Å². The SMILES string of the molecule is Cc1cc(F)ccc1S(=O)(=O)Nc1ccccc1C(=O)NC[C@@H]1CCCO1. The Kier molecular flexibility index (Phi) is 5.76. The molecule has 2 aromatic rings. The molecular formula is C19H21FN2O4S. The van der Waals surface area contributed by atoms with Crippen molar-refractivity contribution < 1.29 is 22.3 Å². The van der Waals surface area contributed by atoms with Gasteiger partial charge in [-0.05, 0) is 55.7 Å². The second kappa shape index (κ2) is 8.06. The Balaban J connectivity index is 1.79. The Labute approximate surface area is 157 Å². The van der Waals surface area contributed by atoms with E-state index in [1.807, 2.05) is 0 Å². The molecule has 6 nitrogen and oxygen atoms in total. The summed E-state index contributed by atoms with van der Waals surface area (Å²) in [5.74, 6) is -0.903. The minimum absolute atomic E-state index is 0.0142. The van der Waals surface area contributed by atoms with Crippen LogP contribution in [-0.2, 0) is 14.8 Å². The van der Waals surface area contributed by atoms with Gasteiger partial charge in [-0.2, -0.15) is 0 Å². The average Bonchev–Trinajstić information content (AvgIpc) is 3.13. The van der Waals surface area contributed by atoms with Crippen molar-refractivity contribution >= 4 is 21.6 Å². The first-order valence-corrected chi connectivity index (χ1v) is 10.1. The number of nitrogens with one attached hydrogen (secondary N) is 2. The quantitative estimate of drug-likeness (QED) is 0.792. The molecule has 2 aromatic carbocycles. The minimum Gasteiger partial charge on any atom is -0.376 e. The molecule has 0 aliphatic carbocycles. The van der Waals surface area contributed by atoms with Gasteiger partial charge in [0.05, 0.1) is 22.3 Å². The van der Waals surface area contributed by atoms with Crippen LogP contribution in [0.4, 0.5) is 10.1 Å². The van der Waals surface area contributed by atoms with Gasteiger partial charge in [-0.25, -0.2) is 12.8 Å². The first kappa shape index (κ1) is 19.3. The van der Waals surface area contributed by atoms with Gasteiger partial charge in [-0.3, -0.25) is 9.52 Å². The van der Waals surface area contributed by atoms with E-state index in [-0.39, 0.29) is 33.7 Å². The highest BCUT2D eigenvalue weighted by Gasteiger charge is 2.22. The predicted molar refractivity (Wildman–Crippen MR) is 99.7 cm³/mol. The molecule has 144 valence electrons. The van der Waals surface area contributed by atoms with Crippen LogP contribution in [0.25, 0.3) is 0 Å². The number of benzene rings is 2. The minimum atomic E-state index is -3.97. The zero-order chi connectivity index (χ0) is 19.4. The zero-order valence-corrected chi connectivity index (χ0v) is 15.7. The van der Waals surface area contributed by atoms with E-state index in [0.717, 1.165) is 25.0 Å². The molecule has 0 spiro atoms. The largest absolute Gasteiger partial charge is 0.376 e. The summed E-state index contributed by atoms with van der Waals surface area (Å²) in [7, 11) is -3.97. The molecule has 8 heteroatoms. The van der Waals surface area contributed by atoms with E-state index in [1.165, 1.54) is 19.1 Å². The smallest absolute Gasteiger partial charge is 0.262 e. The number of anilines is 1. The van der Waals surface area contributed by atoms with Crippen LogP contribution < -0.4 is 10.0 Å². The fourth-order valence-electron chi connectivity index (χ4n) is 2.99. The van der Waals surface area contributed by atoms with Crippen molar-refractivity contribution in [2.45, 2.75) is 30.8 Å². The van der Waals surface area contributed by atoms with Crippen LogP contribution in [0.1, 0.15) is 28.8 Å². The monoisotopic (exact) mass is 392 g/mol. The topological polar surface area (TPSA) is 84.5 Å². The number of amides is 1. The maximum Gasteiger partial charge on any atom is 0.262 e. The standard InChI is InChI=1S/C19H21FN2O4S/c1-13-11-14(20)8-9-18(13)27(24,25)22-17-7-3-2-6-16(17)19(23)21-12-15-5-4-10-26-15/h2-3,6-9,11,15,22H,4-5,10,12H2,1H3,(H,21,23)/t15-/m0/s1. The summed E-state index contributed by atoms with van der Waals surface area (Å²) in [6.45, 7) is 2.57. The number of aryl methyl sites for hydroxylation is 1. The first-order valence-electron chi connectivity index (χ1n) is 8.64. The molecule has 1 aliphatic heterocycles. The molecule has 1 atom stereocenters. The van der Waals surface area contributed by atoms with Gasteiger partial charge >= 0.3 is 0 Å². The van der Waals surface area contributed by atoms with Crippen LogP contribution in [-0.4, -0.2) is 33.6 Å². The van der Waals surface area contributed by atoms with Gasteiger partial charge in [-0.15, -0.1) is 0 Å². The van der Waals surface area contributed by atoms with E-state index in [4.69, 9.17) is 4.74 Å². The third-order valence-corrected chi connectivity index (χ3v) is 5.88. The molecule has 1 heterocycles. The lowest BCUT2D eigenvalue weighted by atomic mass is 10.1. The lowest BCUT2D eigenvalue weighted by Crippen LogP contribution is -2.32. The summed E-state index contributed by atoms with van der Waals surface area (Å²) in [4.78, 5) is 12.5. The van der Waals surface area contributed by atoms with Crippen molar-refractivity contribution in [2.24, 2.45) is 0 Å². The van der Waals surface area contributed by atoms with Crippen molar-refractivity contribution in [3.8, 4) is 0 Å². The summed E-state index contributed by atoms with van der Waals surface area (Å²) in [5, 5.41) is 2.78. The van der Waals surface area contributed by atoms with E-state index in [9.17, 15) is 17.6 Å². The summed E-state index contributed by atoms with van der Waals surface area (Å²) in [6, 6.07) is 9.77. The molecule has 0 bridgehead atoms. The molecule has 1 saturated heterocycles. The third kappa shape index (κ3) is 4.64. The molecule has 1 amide bonds. The van der Waals surface area contributed by atoms with Crippen molar-refractivity contribution in [3.63, 3.8) is 0 Å². The predicted octanol–water partition coefficient (Wildman–Crippen LogP) is 2.84. The number of rotatable bonds is 6. The van der Waals surface area contributed by atoms with Gasteiger partial charge in [0.1, 0.15) is 5.82 Å². The summed E-state index contributed by atoms with van der Waals surface area (Å²) < 4.78 is 46.6. The fraction of sp³-hybridized carbons (Fsp3) is 0.316. The Bertz CT molecular complexity index is 940. The van der Waals surface area contributed by atoms with Crippen LogP contribution in [0, 0.1) is 12.7 Å². The lowest BCUT2D eigenvalue weighted by Gasteiger charge is -2.15. The Hall–Kier alpha value is -2.45. The maximum atomic E-state index is 13.3. The van der Waals surface area contributed by atoms with Crippen LogP contribution in [0.5, 0.6) is 0 Å². The first-order chi connectivity index (χ1) is 12.9. The molecule has 3 rings (SSSR count). The number of carbonyl (C=O) groups is 1. The zero-order valence-electron chi connectivity index (χ0n) is 14.9. The second-order valence-electron chi connectivity index (χ2n) is 6.41.